The molecule has 0 saturated carbocycles. The third kappa shape index (κ3) is 5.08. The normalized spacial score (nSPS) is 12.0. The summed E-state index contributed by atoms with van der Waals surface area (Å²) < 4.78 is 1.82. The van der Waals surface area contributed by atoms with Crippen LogP contribution in [0.2, 0.25) is 0 Å². The second-order valence-corrected chi connectivity index (χ2v) is 7.68. The molecule has 0 aliphatic carbocycles. The molecule has 3 heterocycles. The summed E-state index contributed by atoms with van der Waals surface area (Å²) in [6, 6.07) is 11.7. The number of hydrogen-bond acceptors (Lipinski definition) is 6. The zero-order chi connectivity index (χ0) is 22.5. The fraction of sp³-hybridized carbons (Fsp3) is 0.292. The summed E-state index contributed by atoms with van der Waals surface area (Å²) in [5, 5.41) is 10.7. The minimum Gasteiger partial charge on any atom is -0.362 e. The first-order chi connectivity index (χ1) is 15.5. The fourth-order valence-electron chi connectivity index (χ4n) is 3.41. The van der Waals surface area contributed by atoms with E-state index in [1.54, 1.807) is 6.20 Å². The van der Waals surface area contributed by atoms with Crippen LogP contribution in [0.4, 0.5) is 11.5 Å². The average molecular weight is 430 g/mol. The molecular formula is C24H27N7O. The number of anilines is 2. The molecule has 0 saturated heterocycles. The van der Waals surface area contributed by atoms with E-state index < -0.39 is 0 Å². The molecule has 1 aromatic carbocycles. The molecular weight excluding hydrogens is 402 g/mol. The molecule has 0 aliphatic rings. The number of nitrogens with zero attached hydrogens (tertiary/aromatic N) is 5. The van der Waals surface area contributed by atoms with Crippen LogP contribution in [0.1, 0.15) is 43.6 Å². The van der Waals surface area contributed by atoms with Gasteiger partial charge in [0.15, 0.2) is 0 Å². The summed E-state index contributed by atoms with van der Waals surface area (Å²) in [5.41, 5.74) is 5.07. The van der Waals surface area contributed by atoms with Crippen LogP contribution in [-0.4, -0.2) is 30.6 Å². The number of nitrogens with one attached hydrogen (secondary N) is 2. The van der Waals surface area contributed by atoms with Crippen molar-refractivity contribution >= 4 is 28.6 Å². The van der Waals surface area contributed by atoms with Crippen LogP contribution in [-0.2, 0) is 24.2 Å². The highest BCUT2D eigenvalue weighted by molar-refractivity contribution is 5.92. The number of aryl methyl sites for hydroxylation is 2. The van der Waals surface area contributed by atoms with Gasteiger partial charge in [-0.1, -0.05) is 25.1 Å². The van der Waals surface area contributed by atoms with E-state index in [1.165, 1.54) is 0 Å². The van der Waals surface area contributed by atoms with Gasteiger partial charge in [0.1, 0.15) is 11.3 Å². The molecule has 1 atom stereocenters. The maximum absolute atomic E-state index is 12.5. The lowest BCUT2D eigenvalue weighted by Gasteiger charge is -2.16. The molecule has 4 aromatic rings. The first kappa shape index (κ1) is 21.4. The summed E-state index contributed by atoms with van der Waals surface area (Å²) in [4.78, 5) is 25.8. The van der Waals surface area contributed by atoms with Crippen molar-refractivity contribution < 1.29 is 4.79 Å². The van der Waals surface area contributed by atoms with E-state index in [-0.39, 0.29) is 18.4 Å². The Morgan fingerprint density at radius 1 is 1.12 bits per heavy atom. The maximum Gasteiger partial charge on any atom is 0.230 e. The molecule has 32 heavy (non-hydrogen) atoms. The van der Waals surface area contributed by atoms with Crippen LogP contribution in [0, 0.1) is 0 Å². The molecule has 0 fully saturated rings. The van der Waals surface area contributed by atoms with Crippen molar-refractivity contribution in [1.82, 2.24) is 24.7 Å². The largest absolute Gasteiger partial charge is 0.362 e. The lowest BCUT2D eigenvalue weighted by molar-refractivity contribution is -0.115. The van der Waals surface area contributed by atoms with E-state index >= 15 is 0 Å². The second-order valence-electron chi connectivity index (χ2n) is 7.68. The van der Waals surface area contributed by atoms with Crippen molar-refractivity contribution in [3.63, 3.8) is 0 Å². The summed E-state index contributed by atoms with van der Waals surface area (Å²) in [5.74, 6) is 0.560. The Morgan fingerprint density at radius 2 is 2.00 bits per heavy atom. The molecule has 8 heteroatoms. The molecule has 8 nitrogen and oxygen atoms in total. The van der Waals surface area contributed by atoms with Crippen molar-refractivity contribution in [2.24, 2.45) is 0 Å². The quantitative estimate of drug-likeness (QED) is 0.437. The lowest BCUT2D eigenvalue weighted by Crippen LogP contribution is -2.16. The van der Waals surface area contributed by atoms with Crippen molar-refractivity contribution in [1.29, 1.82) is 0 Å². The molecule has 2 N–H and O–H groups in total. The highest BCUT2D eigenvalue weighted by Gasteiger charge is 2.11. The van der Waals surface area contributed by atoms with Crippen LogP contribution >= 0.6 is 0 Å². The van der Waals surface area contributed by atoms with Crippen LogP contribution in [0.25, 0.3) is 11.2 Å². The van der Waals surface area contributed by atoms with Gasteiger partial charge >= 0.3 is 0 Å². The number of aromatic nitrogens is 5. The highest BCUT2D eigenvalue weighted by atomic mass is 16.1. The minimum absolute atomic E-state index is 0.0323. The van der Waals surface area contributed by atoms with Gasteiger partial charge in [0, 0.05) is 24.1 Å². The third-order valence-corrected chi connectivity index (χ3v) is 5.27. The van der Waals surface area contributed by atoms with Crippen LogP contribution in [0.15, 0.2) is 55.0 Å². The number of benzene rings is 1. The minimum atomic E-state index is -0.0951. The van der Waals surface area contributed by atoms with Gasteiger partial charge in [0.2, 0.25) is 11.6 Å². The van der Waals surface area contributed by atoms with Gasteiger partial charge in [-0.25, -0.2) is 9.97 Å². The molecule has 0 unspecified atom stereocenters. The molecule has 1 amide bonds. The van der Waals surface area contributed by atoms with Gasteiger partial charge in [0.25, 0.3) is 0 Å². The SMILES string of the molecule is CCc1ccc(CC(=O)Nc2cccc([C@H](C)Nc3cnc4cn(CC)nc4n3)c2)nc1. The predicted molar refractivity (Wildman–Crippen MR) is 125 cm³/mol. The van der Waals surface area contributed by atoms with Crippen molar-refractivity contribution in [3.8, 4) is 0 Å². The monoisotopic (exact) mass is 429 g/mol. The first-order valence-corrected chi connectivity index (χ1v) is 10.8. The number of amides is 1. The average Bonchev–Trinajstić information content (AvgIpc) is 3.22. The number of fused-ring (bicyclic) bond motifs is 1. The number of carbonyl (C=O) groups is 1. The summed E-state index contributed by atoms with van der Waals surface area (Å²) >= 11 is 0. The Hall–Kier alpha value is -3.81. The first-order valence-electron chi connectivity index (χ1n) is 10.8. The molecule has 3 aromatic heterocycles. The highest BCUT2D eigenvalue weighted by Crippen LogP contribution is 2.22. The predicted octanol–water partition coefficient (Wildman–Crippen LogP) is 4.16. The number of hydrogen-bond donors (Lipinski definition) is 2. The standard InChI is InChI=1S/C24H27N7O/c1-4-17-9-10-19(25-13-17)12-23(32)28-20-8-6-7-18(11-20)16(3)27-22-14-26-21-15-31(5-2)30-24(21)29-22/h6-11,13-16H,4-5,12H2,1-3H3,(H,28,32)(H,27,29,30)/t16-/m0/s1. The molecule has 0 bridgehead atoms. The molecule has 164 valence electrons. The number of rotatable bonds is 8. The molecule has 0 aliphatic heterocycles. The van der Waals surface area contributed by atoms with Gasteiger partial charge in [-0.15, -0.1) is 0 Å². The van der Waals surface area contributed by atoms with Gasteiger partial charge in [-0.05, 0) is 49.6 Å². The topological polar surface area (TPSA) is 97.6 Å². The molecule has 0 spiro atoms. The Kier molecular flexibility index (Phi) is 6.39. The van der Waals surface area contributed by atoms with Crippen molar-refractivity contribution in [3.05, 3.63) is 71.8 Å². The second kappa shape index (κ2) is 9.55. The van der Waals surface area contributed by atoms with E-state index in [0.717, 1.165) is 41.0 Å². The Labute approximate surface area is 187 Å². The summed E-state index contributed by atoms with van der Waals surface area (Å²) in [7, 11) is 0. The smallest absolute Gasteiger partial charge is 0.230 e. The van der Waals surface area contributed by atoms with Crippen molar-refractivity contribution in [2.75, 3.05) is 10.6 Å². The van der Waals surface area contributed by atoms with E-state index in [9.17, 15) is 4.79 Å². The third-order valence-electron chi connectivity index (χ3n) is 5.27. The van der Waals surface area contributed by atoms with E-state index in [1.807, 2.05) is 67.3 Å². The summed E-state index contributed by atoms with van der Waals surface area (Å²) in [6.45, 7) is 6.92. The molecule has 0 radical (unpaired) electrons. The van der Waals surface area contributed by atoms with E-state index in [2.05, 4.69) is 37.6 Å². The van der Waals surface area contributed by atoms with Gasteiger partial charge < -0.3 is 10.6 Å². The zero-order valence-electron chi connectivity index (χ0n) is 18.5. The van der Waals surface area contributed by atoms with Gasteiger partial charge in [-0.2, -0.15) is 5.10 Å². The molecule has 4 rings (SSSR count). The van der Waals surface area contributed by atoms with E-state index in [0.29, 0.717) is 11.5 Å². The Morgan fingerprint density at radius 3 is 2.75 bits per heavy atom. The van der Waals surface area contributed by atoms with Gasteiger partial charge in [-0.3, -0.25) is 14.5 Å². The number of carbonyl (C=O) groups excluding carboxylic acids is 1. The summed E-state index contributed by atoms with van der Waals surface area (Å²) in [6.07, 6.45) is 6.59. The van der Waals surface area contributed by atoms with Gasteiger partial charge in [0.05, 0.1) is 24.9 Å². The van der Waals surface area contributed by atoms with Crippen LogP contribution in [0.3, 0.4) is 0 Å². The number of pyridine rings is 1. The van der Waals surface area contributed by atoms with Crippen LogP contribution in [0.5, 0.6) is 0 Å². The lowest BCUT2D eigenvalue weighted by atomic mass is 10.1. The van der Waals surface area contributed by atoms with Crippen molar-refractivity contribution in [2.45, 2.75) is 46.2 Å². The maximum atomic E-state index is 12.5. The zero-order valence-corrected chi connectivity index (χ0v) is 18.5. The Bertz CT molecular complexity index is 1220. The van der Waals surface area contributed by atoms with E-state index in [4.69, 9.17) is 0 Å². The Balaban J connectivity index is 1.40. The fourth-order valence-corrected chi connectivity index (χ4v) is 3.41. The van der Waals surface area contributed by atoms with Crippen LogP contribution < -0.4 is 10.6 Å².